The summed E-state index contributed by atoms with van der Waals surface area (Å²) < 4.78 is 27.4. The maximum atomic E-state index is 13.0. The highest BCUT2D eigenvalue weighted by Gasteiger charge is 2.34. The summed E-state index contributed by atoms with van der Waals surface area (Å²) in [4.78, 5) is 22.6. The van der Waals surface area contributed by atoms with Crippen LogP contribution in [0.2, 0.25) is 0 Å². The summed E-state index contributed by atoms with van der Waals surface area (Å²) in [5, 5.41) is 11.8. The van der Waals surface area contributed by atoms with Gasteiger partial charge in [-0.2, -0.15) is 4.31 Å². The lowest BCUT2D eigenvalue weighted by Gasteiger charge is -2.31. The number of likely N-dealkylation sites (N-methyl/N-ethyl adjacent to an activating group) is 1. The molecule has 1 N–H and O–H groups in total. The van der Waals surface area contributed by atoms with Crippen molar-refractivity contribution in [1.82, 2.24) is 19.2 Å². The average Bonchev–Trinajstić information content (AvgIpc) is 3.39. The van der Waals surface area contributed by atoms with Crippen molar-refractivity contribution in [3.8, 4) is 0 Å². The number of benzene rings is 1. The maximum absolute atomic E-state index is 13.0. The van der Waals surface area contributed by atoms with Crippen molar-refractivity contribution in [2.75, 3.05) is 44.7 Å². The minimum absolute atomic E-state index is 0.0359. The number of aromatic nitrogens is 2. The number of sulfonamides is 1. The van der Waals surface area contributed by atoms with Crippen LogP contribution in [0, 0.1) is 10.1 Å². The van der Waals surface area contributed by atoms with Gasteiger partial charge >= 0.3 is 0 Å². The lowest BCUT2D eigenvalue weighted by atomic mass is 10.2. The fourth-order valence-corrected chi connectivity index (χ4v) is 5.47. The average molecular weight is 420 g/mol. The van der Waals surface area contributed by atoms with Crippen LogP contribution in [-0.4, -0.2) is 72.3 Å². The zero-order chi connectivity index (χ0) is 20.6. The molecule has 0 saturated carbocycles. The van der Waals surface area contributed by atoms with Gasteiger partial charge in [-0.15, -0.1) is 0 Å². The lowest BCUT2D eigenvalue weighted by molar-refractivity contribution is -0.384. The monoisotopic (exact) mass is 420 g/mol. The Morgan fingerprint density at radius 2 is 1.97 bits per heavy atom. The van der Waals surface area contributed by atoms with Crippen molar-refractivity contribution in [3.05, 3.63) is 46.5 Å². The summed E-state index contributed by atoms with van der Waals surface area (Å²) in [5.74, 6) is 0.755. The number of H-pyrrole nitrogens is 1. The van der Waals surface area contributed by atoms with E-state index < -0.39 is 14.9 Å². The van der Waals surface area contributed by atoms with Crippen LogP contribution >= 0.6 is 0 Å². The molecule has 11 heteroatoms. The Morgan fingerprint density at radius 3 is 2.62 bits per heavy atom. The van der Waals surface area contributed by atoms with Crippen LogP contribution in [-0.2, 0) is 10.0 Å². The summed E-state index contributed by atoms with van der Waals surface area (Å²) in [7, 11) is -1.83. The van der Waals surface area contributed by atoms with E-state index in [-0.39, 0.29) is 16.6 Å². The second-order valence-corrected chi connectivity index (χ2v) is 9.38. The Hall–Kier alpha value is -2.50. The summed E-state index contributed by atoms with van der Waals surface area (Å²) in [6.45, 7) is 2.68. The third-order valence-electron chi connectivity index (χ3n) is 5.64. The van der Waals surface area contributed by atoms with Crippen LogP contribution in [0.1, 0.15) is 24.7 Å². The van der Waals surface area contributed by atoms with E-state index in [1.165, 1.54) is 16.4 Å². The molecule has 4 rings (SSSR count). The number of imidazole rings is 1. The Balaban J connectivity index is 1.68. The second-order valence-electron chi connectivity index (χ2n) is 7.44. The minimum atomic E-state index is -3.77. The summed E-state index contributed by atoms with van der Waals surface area (Å²) in [6, 6.07) is 4.14. The number of nitrogens with one attached hydrogen (secondary N) is 1. The molecule has 0 unspecified atom stereocenters. The van der Waals surface area contributed by atoms with Gasteiger partial charge in [0.15, 0.2) is 0 Å². The highest BCUT2D eigenvalue weighted by Crippen LogP contribution is 2.40. The van der Waals surface area contributed by atoms with Gasteiger partial charge in [0.2, 0.25) is 10.0 Å². The molecule has 2 aliphatic rings. The van der Waals surface area contributed by atoms with E-state index in [0.29, 0.717) is 38.4 Å². The molecular formula is C18H24N6O4S. The minimum Gasteiger partial charge on any atom is -0.356 e. The molecule has 0 amide bonds. The zero-order valence-electron chi connectivity index (χ0n) is 16.2. The number of rotatable bonds is 5. The summed E-state index contributed by atoms with van der Waals surface area (Å²) >= 11 is 0. The Labute approximate surface area is 169 Å². The van der Waals surface area contributed by atoms with Crippen LogP contribution in [0.15, 0.2) is 35.5 Å². The Morgan fingerprint density at radius 1 is 1.21 bits per heavy atom. The summed E-state index contributed by atoms with van der Waals surface area (Å²) in [6.07, 6.45) is 5.09. The van der Waals surface area contributed by atoms with Gasteiger partial charge in [-0.05, 0) is 32.0 Å². The van der Waals surface area contributed by atoms with Gasteiger partial charge in [-0.25, -0.2) is 13.4 Å². The Bertz CT molecular complexity index is 986. The van der Waals surface area contributed by atoms with Crippen LogP contribution in [0.4, 0.5) is 11.4 Å². The van der Waals surface area contributed by atoms with E-state index in [4.69, 9.17) is 0 Å². The van der Waals surface area contributed by atoms with Crippen molar-refractivity contribution >= 4 is 21.4 Å². The number of hydrogen-bond donors (Lipinski definition) is 1. The van der Waals surface area contributed by atoms with E-state index in [9.17, 15) is 18.5 Å². The van der Waals surface area contributed by atoms with Gasteiger partial charge in [0.05, 0.1) is 15.9 Å². The highest BCUT2D eigenvalue weighted by molar-refractivity contribution is 7.89. The quantitative estimate of drug-likeness (QED) is 0.577. The predicted octanol–water partition coefficient (Wildman–Crippen LogP) is 1.60. The third kappa shape index (κ3) is 3.72. The highest BCUT2D eigenvalue weighted by atomic mass is 32.2. The number of nitro benzene ring substituents is 1. The van der Waals surface area contributed by atoms with Crippen LogP contribution in [0.5, 0.6) is 0 Å². The van der Waals surface area contributed by atoms with Crippen molar-refractivity contribution in [2.24, 2.45) is 0 Å². The molecule has 2 aromatic rings. The van der Waals surface area contributed by atoms with E-state index in [0.717, 1.165) is 18.7 Å². The lowest BCUT2D eigenvalue weighted by Crippen LogP contribution is -2.47. The van der Waals surface area contributed by atoms with Gasteiger partial charge in [-0.1, -0.05) is 0 Å². The molecule has 0 bridgehead atoms. The SMILES string of the molecule is CN1CCN(S(=O)(=O)c2ccc(N3CCC[C@@H]3c3ncc[nH]3)c([N+](=O)[O-])c2)CC1. The molecule has 0 aliphatic carbocycles. The smallest absolute Gasteiger partial charge is 0.293 e. The molecule has 2 fully saturated rings. The first-order chi connectivity index (χ1) is 13.9. The largest absolute Gasteiger partial charge is 0.356 e. The number of anilines is 1. The molecular weight excluding hydrogens is 396 g/mol. The van der Waals surface area contributed by atoms with Crippen LogP contribution in [0.25, 0.3) is 0 Å². The van der Waals surface area contributed by atoms with Crippen molar-refractivity contribution in [2.45, 2.75) is 23.8 Å². The number of nitro groups is 1. The van der Waals surface area contributed by atoms with E-state index in [1.54, 1.807) is 18.5 Å². The molecule has 29 heavy (non-hydrogen) atoms. The molecule has 3 heterocycles. The molecule has 1 aromatic heterocycles. The zero-order valence-corrected chi connectivity index (χ0v) is 17.0. The van der Waals surface area contributed by atoms with Crippen molar-refractivity contribution in [3.63, 3.8) is 0 Å². The van der Waals surface area contributed by atoms with E-state index >= 15 is 0 Å². The van der Waals surface area contributed by atoms with Crippen molar-refractivity contribution in [1.29, 1.82) is 0 Å². The van der Waals surface area contributed by atoms with Crippen LogP contribution in [0.3, 0.4) is 0 Å². The molecule has 1 aromatic carbocycles. The van der Waals surface area contributed by atoms with Gasteiger partial charge in [-0.3, -0.25) is 10.1 Å². The topological polar surface area (TPSA) is 116 Å². The molecule has 0 spiro atoms. The maximum Gasteiger partial charge on any atom is 0.293 e. The molecule has 156 valence electrons. The standard InChI is InChI=1S/C18H24N6O4S/c1-21-9-11-22(12-10-21)29(27,28)14-4-5-15(17(13-14)24(25)26)23-8-2-3-16(23)18-19-6-7-20-18/h4-7,13,16H,2-3,8-12H2,1H3,(H,19,20)/t16-/m1/s1. The second kappa shape index (κ2) is 7.73. The van der Waals surface area contributed by atoms with E-state index in [1.807, 2.05) is 11.9 Å². The number of hydrogen-bond acceptors (Lipinski definition) is 7. The third-order valence-corrected chi connectivity index (χ3v) is 7.54. The van der Waals surface area contributed by atoms with Crippen molar-refractivity contribution < 1.29 is 13.3 Å². The molecule has 2 aliphatic heterocycles. The first-order valence-corrected chi connectivity index (χ1v) is 11.0. The number of aromatic amines is 1. The first kappa shape index (κ1) is 19.8. The number of piperazine rings is 1. The van der Waals surface area contributed by atoms with Gasteiger partial charge < -0.3 is 14.8 Å². The van der Waals surface area contributed by atoms with Crippen LogP contribution < -0.4 is 4.90 Å². The van der Waals surface area contributed by atoms with Gasteiger partial charge in [0.1, 0.15) is 11.5 Å². The summed E-state index contributed by atoms with van der Waals surface area (Å²) in [5.41, 5.74) is 0.227. The van der Waals surface area contributed by atoms with Gasteiger partial charge in [0, 0.05) is 51.2 Å². The fourth-order valence-electron chi connectivity index (χ4n) is 4.03. The molecule has 2 saturated heterocycles. The van der Waals surface area contributed by atoms with Gasteiger partial charge in [0.25, 0.3) is 5.69 Å². The molecule has 1 atom stereocenters. The predicted molar refractivity (Wildman–Crippen MR) is 107 cm³/mol. The number of nitrogens with zero attached hydrogens (tertiary/aromatic N) is 5. The normalized spacial score (nSPS) is 21.6. The van der Waals surface area contributed by atoms with E-state index in [2.05, 4.69) is 14.9 Å². The molecule has 0 radical (unpaired) electrons. The fraction of sp³-hybridized carbons (Fsp3) is 0.500. The first-order valence-electron chi connectivity index (χ1n) is 9.61. The Kier molecular flexibility index (Phi) is 5.28. The molecule has 10 nitrogen and oxygen atoms in total.